The minimum atomic E-state index is -0.366. The highest BCUT2D eigenvalue weighted by Crippen LogP contribution is 2.29. The molecule has 3 rings (SSSR count). The molecule has 1 aliphatic heterocycles. The van der Waals surface area contributed by atoms with Crippen LogP contribution in [0.3, 0.4) is 0 Å². The van der Waals surface area contributed by atoms with Crippen molar-refractivity contribution in [2.24, 2.45) is 5.92 Å². The van der Waals surface area contributed by atoms with Crippen LogP contribution in [0.1, 0.15) is 24.8 Å². The van der Waals surface area contributed by atoms with Gasteiger partial charge in [-0.15, -0.1) is 0 Å². The highest BCUT2D eigenvalue weighted by Gasteiger charge is 2.33. The number of aliphatic hydroxyl groups is 1. The number of urea groups is 1. The summed E-state index contributed by atoms with van der Waals surface area (Å²) in [5, 5.41) is 12.3. The van der Waals surface area contributed by atoms with Crippen molar-refractivity contribution in [2.75, 3.05) is 13.1 Å². The molecule has 114 valence electrons. The van der Waals surface area contributed by atoms with E-state index >= 15 is 0 Å². The van der Waals surface area contributed by atoms with E-state index in [1.54, 1.807) is 4.90 Å². The molecule has 5 heteroatoms. The summed E-state index contributed by atoms with van der Waals surface area (Å²) in [6.45, 7) is 0.863. The minimum absolute atomic E-state index is 0.0729. The lowest BCUT2D eigenvalue weighted by molar-refractivity contribution is 0.0254. The van der Waals surface area contributed by atoms with Crippen LogP contribution in [0.15, 0.2) is 24.3 Å². The summed E-state index contributed by atoms with van der Waals surface area (Å²) >= 11 is 0. The molecular formula is C16H21FN2O2. The second-order valence-corrected chi connectivity index (χ2v) is 6.14. The number of carbonyl (C=O) groups is 1. The Morgan fingerprint density at radius 2 is 2.00 bits per heavy atom. The zero-order valence-electron chi connectivity index (χ0n) is 12.0. The van der Waals surface area contributed by atoms with Gasteiger partial charge in [0.05, 0.1) is 19.2 Å². The van der Waals surface area contributed by atoms with E-state index in [0.717, 1.165) is 31.2 Å². The monoisotopic (exact) mass is 292 g/mol. The molecule has 0 bridgehead atoms. The Balaban J connectivity index is 1.55. The number of hydrogen-bond acceptors (Lipinski definition) is 2. The van der Waals surface area contributed by atoms with Crippen molar-refractivity contribution in [3.05, 3.63) is 35.6 Å². The van der Waals surface area contributed by atoms with Crippen LogP contribution in [-0.4, -0.2) is 41.3 Å². The van der Waals surface area contributed by atoms with Gasteiger partial charge in [0, 0.05) is 6.04 Å². The fraction of sp³-hybridized carbons (Fsp3) is 0.562. The Morgan fingerprint density at radius 3 is 2.67 bits per heavy atom. The van der Waals surface area contributed by atoms with Crippen molar-refractivity contribution in [3.8, 4) is 0 Å². The predicted molar refractivity (Wildman–Crippen MR) is 77.3 cm³/mol. The molecule has 1 aromatic carbocycles. The third-order valence-electron chi connectivity index (χ3n) is 4.53. The van der Waals surface area contributed by atoms with Crippen LogP contribution >= 0.6 is 0 Å². The Morgan fingerprint density at radius 1 is 1.29 bits per heavy atom. The molecule has 0 radical (unpaired) electrons. The highest BCUT2D eigenvalue weighted by molar-refractivity contribution is 5.75. The standard InChI is InChI=1S/C16H21FN2O2/c17-13-6-4-11(5-7-13)8-12-2-1-3-15(12)18-16(21)19-9-14(20)10-19/h4-7,12,14-15,20H,1-3,8-10H2,(H,18,21)/t12-,15-/m0/s1. The third kappa shape index (κ3) is 3.35. The highest BCUT2D eigenvalue weighted by atomic mass is 19.1. The maximum Gasteiger partial charge on any atom is 0.317 e. The maximum atomic E-state index is 12.9. The van der Waals surface area contributed by atoms with Crippen molar-refractivity contribution in [1.29, 1.82) is 0 Å². The Labute approximate surface area is 124 Å². The first-order chi connectivity index (χ1) is 10.1. The van der Waals surface area contributed by atoms with Crippen molar-refractivity contribution in [3.63, 3.8) is 0 Å². The van der Waals surface area contributed by atoms with E-state index in [-0.39, 0.29) is 24.0 Å². The van der Waals surface area contributed by atoms with Crippen LogP contribution in [0.4, 0.5) is 9.18 Å². The Bertz CT molecular complexity index is 500. The number of hydrogen-bond donors (Lipinski definition) is 2. The van der Waals surface area contributed by atoms with E-state index in [4.69, 9.17) is 0 Å². The molecule has 0 spiro atoms. The Kier molecular flexibility index (Phi) is 4.10. The number of aliphatic hydroxyl groups excluding tert-OH is 1. The zero-order valence-corrected chi connectivity index (χ0v) is 12.0. The van der Waals surface area contributed by atoms with Crippen LogP contribution in [0.25, 0.3) is 0 Å². The molecule has 1 saturated carbocycles. The molecule has 2 fully saturated rings. The molecule has 0 aromatic heterocycles. The molecule has 1 aliphatic carbocycles. The van der Waals surface area contributed by atoms with Crippen LogP contribution in [0, 0.1) is 11.7 Å². The number of β-amino-alcohol motifs (C(OH)–C–C–N with tert-alkyl or cyclic N) is 1. The van der Waals surface area contributed by atoms with Crippen molar-refractivity contribution in [1.82, 2.24) is 10.2 Å². The molecule has 2 aliphatic rings. The molecule has 1 heterocycles. The van der Waals surface area contributed by atoms with Gasteiger partial charge < -0.3 is 15.3 Å². The molecule has 0 unspecified atom stereocenters. The lowest BCUT2D eigenvalue weighted by atomic mass is 9.94. The summed E-state index contributed by atoms with van der Waals surface area (Å²) in [5.41, 5.74) is 1.11. The lowest BCUT2D eigenvalue weighted by Crippen LogP contribution is -2.58. The number of nitrogens with one attached hydrogen (secondary N) is 1. The van der Waals surface area contributed by atoms with E-state index in [2.05, 4.69) is 5.32 Å². The first kappa shape index (κ1) is 14.3. The summed E-state index contributed by atoms with van der Waals surface area (Å²) in [7, 11) is 0. The first-order valence-electron chi connectivity index (χ1n) is 7.60. The van der Waals surface area contributed by atoms with Crippen molar-refractivity contribution >= 4 is 6.03 Å². The first-order valence-corrected chi connectivity index (χ1v) is 7.60. The zero-order chi connectivity index (χ0) is 14.8. The van der Waals surface area contributed by atoms with E-state index < -0.39 is 0 Å². The van der Waals surface area contributed by atoms with Gasteiger partial charge in [0.15, 0.2) is 0 Å². The fourth-order valence-electron chi connectivity index (χ4n) is 3.27. The predicted octanol–water partition coefficient (Wildman–Crippen LogP) is 1.92. The van der Waals surface area contributed by atoms with Crippen LogP contribution in [0.5, 0.6) is 0 Å². The number of carbonyl (C=O) groups excluding carboxylic acids is 1. The van der Waals surface area contributed by atoms with Gasteiger partial charge in [-0.05, 0) is 42.9 Å². The van der Waals surface area contributed by atoms with Crippen LogP contribution in [-0.2, 0) is 6.42 Å². The van der Waals surface area contributed by atoms with Gasteiger partial charge in [-0.1, -0.05) is 18.6 Å². The van der Waals surface area contributed by atoms with Crippen LogP contribution in [0.2, 0.25) is 0 Å². The summed E-state index contributed by atoms with van der Waals surface area (Å²) < 4.78 is 12.9. The maximum absolute atomic E-state index is 12.9. The molecule has 2 atom stereocenters. The van der Waals surface area contributed by atoms with E-state index in [9.17, 15) is 14.3 Å². The average molecular weight is 292 g/mol. The number of halogens is 1. The van der Waals surface area contributed by atoms with Crippen molar-refractivity contribution in [2.45, 2.75) is 37.8 Å². The molecule has 21 heavy (non-hydrogen) atoms. The molecule has 2 amide bonds. The summed E-state index contributed by atoms with van der Waals surface area (Å²) in [4.78, 5) is 13.7. The van der Waals surface area contributed by atoms with Crippen LogP contribution < -0.4 is 5.32 Å². The quantitative estimate of drug-likeness (QED) is 0.894. The second-order valence-electron chi connectivity index (χ2n) is 6.14. The van der Waals surface area contributed by atoms with Gasteiger partial charge in [0.2, 0.25) is 0 Å². The van der Waals surface area contributed by atoms with Gasteiger partial charge in [0.1, 0.15) is 5.82 Å². The molecule has 2 N–H and O–H groups in total. The van der Waals surface area contributed by atoms with E-state index in [1.165, 1.54) is 12.1 Å². The molecular weight excluding hydrogens is 271 g/mol. The van der Waals surface area contributed by atoms with Gasteiger partial charge in [-0.25, -0.2) is 9.18 Å². The molecule has 1 aromatic rings. The topological polar surface area (TPSA) is 52.6 Å². The summed E-state index contributed by atoms with van der Waals surface area (Å²) in [5.74, 6) is 0.192. The smallest absolute Gasteiger partial charge is 0.317 e. The largest absolute Gasteiger partial charge is 0.389 e. The van der Waals surface area contributed by atoms with Gasteiger partial charge in [0.25, 0.3) is 0 Å². The third-order valence-corrected chi connectivity index (χ3v) is 4.53. The minimum Gasteiger partial charge on any atom is -0.389 e. The number of rotatable bonds is 3. The summed E-state index contributed by atoms with van der Waals surface area (Å²) in [6, 6.07) is 6.71. The van der Waals surface area contributed by atoms with Crippen molar-refractivity contribution < 1.29 is 14.3 Å². The normalized spacial score (nSPS) is 25.7. The van der Waals surface area contributed by atoms with Gasteiger partial charge in [-0.3, -0.25) is 0 Å². The second kappa shape index (κ2) is 6.02. The SMILES string of the molecule is O=C(N[C@H]1CCC[C@H]1Cc1ccc(F)cc1)N1CC(O)C1. The number of likely N-dealkylation sites (tertiary alicyclic amines) is 1. The Hall–Kier alpha value is -1.62. The summed E-state index contributed by atoms with van der Waals surface area (Å²) in [6.07, 6.45) is 3.70. The number of benzene rings is 1. The number of nitrogens with zero attached hydrogens (tertiary/aromatic N) is 1. The van der Waals surface area contributed by atoms with E-state index in [0.29, 0.717) is 19.0 Å². The van der Waals surface area contributed by atoms with E-state index in [1.807, 2.05) is 12.1 Å². The van der Waals surface area contributed by atoms with Gasteiger partial charge in [-0.2, -0.15) is 0 Å². The molecule has 4 nitrogen and oxygen atoms in total. The fourth-order valence-corrected chi connectivity index (χ4v) is 3.27. The number of amides is 2. The average Bonchev–Trinajstić information content (AvgIpc) is 2.85. The molecule has 1 saturated heterocycles. The lowest BCUT2D eigenvalue weighted by Gasteiger charge is -2.37. The van der Waals surface area contributed by atoms with Gasteiger partial charge >= 0.3 is 6.03 Å².